The molecule has 0 spiro atoms. The second-order valence-electron chi connectivity index (χ2n) is 6.48. The maximum Gasteiger partial charge on any atom is 0.253 e. The van der Waals surface area contributed by atoms with E-state index >= 15 is 0 Å². The molecule has 2 aromatic rings. The van der Waals surface area contributed by atoms with Crippen molar-refractivity contribution in [1.82, 2.24) is 15.2 Å². The zero-order valence-electron chi connectivity index (χ0n) is 14.7. The van der Waals surface area contributed by atoms with Crippen molar-refractivity contribution < 1.29 is 9.59 Å². The average molecular weight is 392 g/mol. The molecule has 26 heavy (non-hydrogen) atoms. The average Bonchev–Trinajstić information content (AvgIpc) is 3.06. The van der Waals surface area contributed by atoms with Crippen LogP contribution in [0.2, 0.25) is 5.02 Å². The van der Waals surface area contributed by atoms with Crippen molar-refractivity contribution in [2.75, 3.05) is 19.6 Å². The van der Waals surface area contributed by atoms with Crippen LogP contribution in [0.3, 0.4) is 0 Å². The van der Waals surface area contributed by atoms with Crippen LogP contribution in [0.5, 0.6) is 0 Å². The Morgan fingerprint density at radius 3 is 2.77 bits per heavy atom. The molecule has 1 N–H and O–H groups in total. The van der Waals surface area contributed by atoms with Gasteiger partial charge in [-0.3, -0.25) is 9.59 Å². The number of nitrogens with zero attached hydrogens (tertiary/aromatic N) is 2. The van der Waals surface area contributed by atoms with E-state index < -0.39 is 0 Å². The minimum atomic E-state index is -0.0319. The lowest BCUT2D eigenvalue weighted by atomic mass is 9.95. The first-order valence-electron chi connectivity index (χ1n) is 8.76. The number of carbonyl (C=O) groups excluding carboxylic acids is 2. The topological polar surface area (TPSA) is 62.3 Å². The van der Waals surface area contributed by atoms with Crippen molar-refractivity contribution in [3.63, 3.8) is 0 Å². The summed E-state index contributed by atoms with van der Waals surface area (Å²) in [5.41, 5.74) is 1.62. The zero-order chi connectivity index (χ0) is 18.5. The lowest BCUT2D eigenvalue weighted by Gasteiger charge is -2.31. The maximum absolute atomic E-state index is 12.5. The van der Waals surface area contributed by atoms with Crippen LogP contribution in [0.1, 0.15) is 33.9 Å². The van der Waals surface area contributed by atoms with Gasteiger partial charge in [0, 0.05) is 47.9 Å². The summed E-state index contributed by atoms with van der Waals surface area (Å²) in [4.78, 5) is 31.1. The van der Waals surface area contributed by atoms with Crippen LogP contribution in [-0.4, -0.2) is 41.3 Å². The van der Waals surface area contributed by atoms with E-state index in [1.807, 2.05) is 12.3 Å². The van der Waals surface area contributed by atoms with Crippen LogP contribution in [0.15, 0.2) is 29.6 Å². The molecule has 1 aromatic carbocycles. The number of carbonyl (C=O) groups is 2. The molecule has 1 fully saturated rings. The summed E-state index contributed by atoms with van der Waals surface area (Å²) >= 11 is 7.58. The van der Waals surface area contributed by atoms with E-state index in [0.29, 0.717) is 43.1 Å². The highest BCUT2D eigenvalue weighted by molar-refractivity contribution is 7.09. The third-order valence-electron chi connectivity index (χ3n) is 4.57. The monoisotopic (exact) mass is 391 g/mol. The predicted molar refractivity (Wildman–Crippen MR) is 104 cm³/mol. The number of halogens is 1. The highest BCUT2D eigenvalue weighted by atomic mass is 35.5. The Bertz CT molecular complexity index is 785. The quantitative estimate of drug-likeness (QED) is 0.850. The van der Waals surface area contributed by atoms with Gasteiger partial charge in [0.25, 0.3) is 5.91 Å². The fourth-order valence-corrected chi connectivity index (χ4v) is 3.97. The molecule has 138 valence electrons. The van der Waals surface area contributed by atoms with Crippen LogP contribution in [0.4, 0.5) is 0 Å². The van der Waals surface area contributed by atoms with Gasteiger partial charge in [0.15, 0.2) is 0 Å². The molecule has 2 heterocycles. The molecule has 5 nitrogen and oxygen atoms in total. The minimum absolute atomic E-state index is 0.0229. The molecule has 7 heteroatoms. The van der Waals surface area contributed by atoms with Crippen molar-refractivity contribution in [3.05, 3.63) is 50.9 Å². The number of hydrogen-bond donors (Lipinski definition) is 1. The first-order chi connectivity index (χ1) is 12.5. The van der Waals surface area contributed by atoms with Gasteiger partial charge in [0.2, 0.25) is 5.91 Å². The molecule has 0 aliphatic carbocycles. The van der Waals surface area contributed by atoms with E-state index in [4.69, 9.17) is 11.6 Å². The van der Waals surface area contributed by atoms with E-state index in [2.05, 4.69) is 10.3 Å². The fourth-order valence-electron chi connectivity index (χ4n) is 3.13. The number of rotatable bonds is 5. The molecule has 0 saturated carbocycles. The Morgan fingerprint density at radius 1 is 1.35 bits per heavy atom. The largest absolute Gasteiger partial charge is 0.355 e. The first-order valence-corrected chi connectivity index (χ1v) is 10.0. The van der Waals surface area contributed by atoms with Crippen LogP contribution in [-0.2, 0) is 11.2 Å². The van der Waals surface area contributed by atoms with Crippen LogP contribution < -0.4 is 5.32 Å². The van der Waals surface area contributed by atoms with E-state index in [-0.39, 0.29) is 17.7 Å². The second kappa shape index (κ2) is 8.64. The van der Waals surface area contributed by atoms with Crippen molar-refractivity contribution >= 4 is 34.8 Å². The SMILES string of the molecule is Cc1nc(CCNC(=O)C2CCN(C(=O)c3cccc(Cl)c3)CC2)cs1. The molecule has 0 atom stereocenters. The number of aromatic nitrogens is 1. The Kier molecular flexibility index (Phi) is 6.27. The summed E-state index contributed by atoms with van der Waals surface area (Å²) in [6.07, 6.45) is 2.13. The number of benzene rings is 1. The van der Waals surface area contributed by atoms with Gasteiger partial charge >= 0.3 is 0 Å². The molecule has 0 bridgehead atoms. The molecule has 1 aliphatic rings. The lowest BCUT2D eigenvalue weighted by molar-refractivity contribution is -0.126. The van der Waals surface area contributed by atoms with E-state index in [9.17, 15) is 9.59 Å². The third kappa shape index (κ3) is 4.83. The van der Waals surface area contributed by atoms with Gasteiger partial charge < -0.3 is 10.2 Å². The van der Waals surface area contributed by atoms with E-state index in [1.165, 1.54) is 0 Å². The Balaban J connectivity index is 1.44. The number of thiazole rings is 1. The number of aryl methyl sites for hydroxylation is 1. The summed E-state index contributed by atoms with van der Waals surface area (Å²) in [5.74, 6) is 0.0210. The molecule has 0 radical (unpaired) electrons. The maximum atomic E-state index is 12.5. The predicted octanol–water partition coefficient (Wildman–Crippen LogP) is 3.32. The number of likely N-dealkylation sites (tertiary alicyclic amines) is 1. The van der Waals surface area contributed by atoms with E-state index in [1.54, 1.807) is 40.5 Å². The number of hydrogen-bond acceptors (Lipinski definition) is 4. The molecule has 2 amide bonds. The summed E-state index contributed by atoms with van der Waals surface area (Å²) in [6.45, 7) is 3.76. The van der Waals surface area contributed by atoms with Gasteiger partial charge in [-0.25, -0.2) is 4.98 Å². The van der Waals surface area contributed by atoms with E-state index in [0.717, 1.165) is 17.1 Å². The number of piperidine rings is 1. The van der Waals surface area contributed by atoms with Crippen molar-refractivity contribution in [2.45, 2.75) is 26.2 Å². The van der Waals surface area contributed by atoms with Gasteiger partial charge in [0.1, 0.15) is 0 Å². The molecule has 1 aliphatic heterocycles. The van der Waals surface area contributed by atoms with Gasteiger partial charge in [0.05, 0.1) is 10.7 Å². The highest BCUT2D eigenvalue weighted by Gasteiger charge is 2.27. The van der Waals surface area contributed by atoms with Crippen molar-refractivity contribution in [2.24, 2.45) is 5.92 Å². The van der Waals surface area contributed by atoms with Crippen LogP contribution >= 0.6 is 22.9 Å². The smallest absolute Gasteiger partial charge is 0.253 e. The molecule has 1 aromatic heterocycles. The van der Waals surface area contributed by atoms with Gasteiger partial charge in [-0.05, 0) is 38.0 Å². The van der Waals surface area contributed by atoms with Crippen molar-refractivity contribution in [1.29, 1.82) is 0 Å². The molecule has 0 unspecified atom stereocenters. The van der Waals surface area contributed by atoms with Gasteiger partial charge in [-0.15, -0.1) is 11.3 Å². The lowest BCUT2D eigenvalue weighted by Crippen LogP contribution is -2.43. The Labute approximate surface area is 162 Å². The Hall–Kier alpha value is -1.92. The minimum Gasteiger partial charge on any atom is -0.355 e. The fraction of sp³-hybridized carbons (Fsp3) is 0.421. The normalized spacial score (nSPS) is 15.1. The summed E-state index contributed by atoms with van der Waals surface area (Å²) in [6, 6.07) is 6.98. The summed E-state index contributed by atoms with van der Waals surface area (Å²) < 4.78 is 0. The molecular formula is C19H22ClN3O2S. The highest BCUT2D eigenvalue weighted by Crippen LogP contribution is 2.20. The summed E-state index contributed by atoms with van der Waals surface area (Å²) in [7, 11) is 0. The number of nitrogens with one attached hydrogen (secondary N) is 1. The zero-order valence-corrected chi connectivity index (χ0v) is 16.3. The first kappa shape index (κ1) is 18.9. The van der Waals surface area contributed by atoms with Crippen LogP contribution in [0, 0.1) is 12.8 Å². The van der Waals surface area contributed by atoms with Gasteiger partial charge in [-0.2, -0.15) is 0 Å². The molecular weight excluding hydrogens is 370 g/mol. The summed E-state index contributed by atoms with van der Waals surface area (Å²) in [5, 5.41) is 6.63. The van der Waals surface area contributed by atoms with Crippen molar-refractivity contribution in [3.8, 4) is 0 Å². The molecule has 1 saturated heterocycles. The molecule has 3 rings (SSSR count). The number of amides is 2. The second-order valence-corrected chi connectivity index (χ2v) is 7.97. The third-order valence-corrected chi connectivity index (χ3v) is 5.63. The standard InChI is InChI=1S/C19H22ClN3O2S/c1-13-22-17(12-26-13)5-8-21-18(24)14-6-9-23(10-7-14)19(25)15-3-2-4-16(20)11-15/h2-4,11-12,14H,5-10H2,1H3,(H,21,24). The Morgan fingerprint density at radius 2 is 2.12 bits per heavy atom. The van der Waals surface area contributed by atoms with Crippen LogP contribution in [0.25, 0.3) is 0 Å². The van der Waals surface area contributed by atoms with Gasteiger partial charge in [-0.1, -0.05) is 17.7 Å².